The lowest BCUT2D eigenvalue weighted by molar-refractivity contribution is -0.129. The number of carbonyl (C=O) groups excluding carboxylic acids is 2. The van der Waals surface area contributed by atoms with Gasteiger partial charge in [-0.05, 0) is 29.8 Å². The van der Waals surface area contributed by atoms with E-state index < -0.39 is 12.0 Å². The zero-order chi connectivity index (χ0) is 15.1. The summed E-state index contributed by atoms with van der Waals surface area (Å²) in [7, 11) is 0. The van der Waals surface area contributed by atoms with Crippen molar-refractivity contribution in [2.24, 2.45) is 0 Å². The molecule has 0 aromatic heterocycles. The van der Waals surface area contributed by atoms with E-state index in [-0.39, 0.29) is 19.0 Å². The minimum atomic E-state index is -1.37. The topological polar surface area (TPSA) is 78.4 Å². The van der Waals surface area contributed by atoms with E-state index >= 15 is 0 Å². The largest absolute Gasteiger partial charge is 0.378 e. The maximum atomic E-state index is 11.7. The molecule has 108 valence electrons. The van der Waals surface area contributed by atoms with Crippen LogP contribution in [0.5, 0.6) is 0 Å². The zero-order valence-corrected chi connectivity index (χ0v) is 12.0. The Bertz CT molecular complexity index is 500. The minimum absolute atomic E-state index is 0.184. The van der Waals surface area contributed by atoms with E-state index in [0.29, 0.717) is 15.6 Å². The lowest BCUT2D eigenvalue weighted by Crippen LogP contribution is -2.36. The molecule has 1 aromatic carbocycles. The molecule has 20 heavy (non-hydrogen) atoms. The van der Waals surface area contributed by atoms with Crippen LogP contribution in [0.3, 0.4) is 0 Å². The molecular formula is C13H14Cl2N2O3. The number of carbonyl (C=O) groups is 2. The van der Waals surface area contributed by atoms with Gasteiger partial charge < -0.3 is 15.7 Å². The number of amides is 2. The molecule has 1 unspecified atom stereocenters. The average molecular weight is 317 g/mol. The Morgan fingerprint density at radius 1 is 1.20 bits per heavy atom. The normalized spacial score (nSPS) is 11.6. The van der Waals surface area contributed by atoms with Crippen LogP contribution in [0.2, 0.25) is 10.0 Å². The number of hydrogen-bond donors (Lipinski definition) is 3. The summed E-state index contributed by atoms with van der Waals surface area (Å²) in [6.45, 7) is 3.71. The Hall–Kier alpha value is -1.56. The minimum Gasteiger partial charge on any atom is -0.378 e. The summed E-state index contributed by atoms with van der Waals surface area (Å²) in [5.74, 6) is -0.933. The average Bonchev–Trinajstić information content (AvgIpc) is 2.41. The smallest absolute Gasteiger partial charge is 0.253 e. The predicted molar refractivity (Wildman–Crippen MR) is 77.6 cm³/mol. The standard InChI is InChI=1S/C13H14Cl2N2O3/c1-2-11(18)16-3-4-17-13(20)12(19)8-5-9(14)7-10(15)6-8/h2,5-7,12,19H,1,3-4H2,(H,16,18)(H,17,20). The molecule has 3 N–H and O–H groups in total. The highest BCUT2D eigenvalue weighted by molar-refractivity contribution is 6.34. The van der Waals surface area contributed by atoms with Gasteiger partial charge in [0.2, 0.25) is 5.91 Å². The van der Waals surface area contributed by atoms with Crippen molar-refractivity contribution in [1.29, 1.82) is 0 Å². The second-order valence-electron chi connectivity index (χ2n) is 3.89. The van der Waals surface area contributed by atoms with Gasteiger partial charge in [-0.2, -0.15) is 0 Å². The molecule has 0 aliphatic heterocycles. The number of rotatable bonds is 6. The van der Waals surface area contributed by atoms with Crippen molar-refractivity contribution in [2.45, 2.75) is 6.10 Å². The van der Waals surface area contributed by atoms with Crippen LogP contribution in [0.25, 0.3) is 0 Å². The van der Waals surface area contributed by atoms with E-state index in [1.807, 2.05) is 0 Å². The summed E-state index contributed by atoms with van der Waals surface area (Å²) in [4.78, 5) is 22.6. The van der Waals surface area contributed by atoms with E-state index in [1.165, 1.54) is 18.2 Å². The number of hydrogen-bond acceptors (Lipinski definition) is 3. The van der Waals surface area contributed by atoms with Crippen LogP contribution in [0.15, 0.2) is 30.9 Å². The first-order valence-electron chi connectivity index (χ1n) is 5.76. The van der Waals surface area contributed by atoms with Gasteiger partial charge in [-0.3, -0.25) is 9.59 Å². The van der Waals surface area contributed by atoms with E-state index in [0.717, 1.165) is 6.08 Å². The highest BCUT2D eigenvalue weighted by Crippen LogP contribution is 2.23. The number of nitrogens with one attached hydrogen (secondary N) is 2. The Morgan fingerprint density at radius 3 is 2.30 bits per heavy atom. The Kier molecular flexibility index (Phi) is 6.51. The SMILES string of the molecule is C=CC(=O)NCCNC(=O)C(O)c1cc(Cl)cc(Cl)c1. The van der Waals surface area contributed by atoms with Gasteiger partial charge in [-0.15, -0.1) is 0 Å². The Balaban J connectivity index is 2.50. The molecule has 0 heterocycles. The molecule has 0 saturated heterocycles. The second kappa shape index (κ2) is 7.89. The third kappa shape index (κ3) is 5.21. The van der Waals surface area contributed by atoms with E-state index in [1.54, 1.807) is 0 Å². The molecule has 2 amide bonds. The maximum absolute atomic E-state index is 11.7. The predicted octanol–water partition coefficient (Wildman–Crippen LogP) is 1.45. The first kappa shape index (κ1) is 16.5. The quantitative estimate of drug-likeness (QED) is 0.549. The summed E-state index contributed by atoms with van der Waals surface area (Å²) in [5.41, 5.74) is 0.301. The van der Waals surface area contributed by atoms with E-state index in [2.05, 4.69) is 17.2 Å². The highest BCUT2D eigenvalue weighted by Gasteiger charge is 2.17. The fourth-order valence-electron chi connectivity index (χ4n) is 1.42. The van der Waals surface area contributed by atoms with Gasteiger partial charge in [0.25, 0.3) is 5.91 Å². The van der Waals surface area contributed by atoms with Crippen molar-refractivity contribution in [3.05, 3.63) is 46.5 Å². The molecule has 0 aliphatic rings. The number of halogens is 2. The van der Waals surface area contributed by atoms with Crippen LogP contribution in [-0.2, 0) is 9.59 Å². The molecule has 0 fully saturated rings. The summed E-state index contributed by atoms with van der Waals surface area (Å²) in [6, 6.07) is 4.41. The molecule has 0 bridgehead atoms. The van der Waals surface area contributed by atoms with Gasteiger partial charge in [-0.25, -0.2) is 0 Å². The molecular weight excluding hydrogens is 303 g/mol. The lowest BCUT2D eigenvalue weighted by atomic mass is 10.1. The maximum Gasteiger partial charge on any atom is 0.253 e. The van der Waals surface area contributed by atoms with E-state index in [9.17, 15) is 14.7 Å². The molecule has 1 rings (SSSR count). The third-order valence-corrected chi connectivity index (χ3v) is 2.79. The van der Waals surface area contributed by atoms with E-state index in [4.69, 9.17) is 23.2 Å². The fraction of sp³-hybridized carbons (Fsp3) is 0.231. The molecule has 1 atom stereocenters. The van der Waals surface area contributed by atoms with Crippen LogP contribution in [0, 0.1) is 0 Å². The monoisotopic (exact) mass is 316 g/mol. The molecule has 5 nitrogen and oxygen atoms in total. The van der Waals surface area contributed by atoms with Crippen LogP contribution >= 0.6 is 23.2 Å². The number of aliphatic hydroxyl groups is 1. The van der Waals surface area contributed by atoms with Crippen molar-refractivity contribution in [2.75, 3.05) is 13.1 Å². The van der Waals surface area contributed by atoms with Gasteiger partial charge in [-0.1, -0.05) is 29.8 Å². The van der Waals surface area contributed by atoms with Crippen molar-refractivity contribution in [3.63, 3.8) is 0 Å². The summed E-state index contributed by atoms with van der Waals surface area (Å²) < 4.78 is 0. The van der Waals surface area contributed by atoms with Crippen molar-refractivity contribution in [1.82, 2.24) is 10.6 Å². The van der Waals surface area contributed by atoms with Gasteiger partial charge in [0, 0.05) is 23.1 Å². The molecule has 7 heteroatoms. The Morgan fingerprint density at radius 2 is 1.75 bits per heavy atom. The van der Waals surface area contributed by atoms with Gasteiger partial charge in [0.1, 0.15) is 0 Å². The van der Waals surface area contributed by atoms with Crippen LogP contribution < -0.4 is 10.6 Å². The number of aliphatic hydroxyl groups excluding tert-OH is 1. The first-order chi connectivity index (χ1) is 9.43. The van der Waals surface area contributed by atoms with Gasteiger partial charge >= 0.3 is 0 Å². The van der Waals surface area contributed by atoms with Crippen LogP contribution in [-0.4, -0.2) is 30.0 Å². The fourth-order valence-corrected chi connectivity index (χ4v) is 1.97. The van der Waals surface area contributed by atoms with Gasteiger partial charge in [0.05, 0.1) is 0 Å². The summed E-state index contributed by atoms with van der Waals surface area (Å²) >= 11 is 11.6. The molecule has 0 radical (unpaired) electrons. The first-order valence-corrected chi connectivity index (χ1v) is 6.51. The highest BCUT2D eigenvalue weighted by atomic mass is 35.5. The molecule has 1 aromatic rings. The van der Waals surface area contributed by atoms with Crippen molar-refractivity contribution >= 4 is 35.0 Å². The zero-order valence-electron chi connectivity index (χ0n) is 10.5. The van der Waals surface area contributed by atoms with Gasteiger partial charge in [0.15, 0.2) is 6.10 Å². The van der Waals surface area contributed by atoms with Crippen LogP contribution in [0.1, 0.15) is 11.7 Å². The van der Waals surface area contributed by atoms with Crippen LogP contribution in [0.4, 0.5) is 0 Å². The molecule has 0 aliphatic carbocycles. The third-order valence-electron chi connectivity index (χ3n) is 2.36. The molecule has 0 saturated carbocycles. The molecule has 0 spiro atoms. The number of benzene rings is 1. The summed E-state index contributed by atoms with van der Waals surface area (Å²) in [6.07, 6.45) is -0.244. The summed E-state index contributed by atoms with van der Waals surface area (Å²) in [5, 5.41) is 15.5. The Labute approximate surface area is 126 Å². The second-order valence-corrected chi connectivity index (χ2v) is 4.76. The van der Waals surface area contributed by atoms with Crippen molar-refractivity contribution < 1.29 is 14.7 Å². The van der Waals surface area contributed by atoms with Crippen molar-refractivity contribution in [3.8, 4) is 0 Å². The lowest BCUT2D eigenvalue weighted by Gasteiger charge is -2.12.